The van der Waals surface area contributed by atoms with E-state index >= 15 is 0 Å². The Bertz CT molecular complexity index is 978. The molecule has 3 aromatic rings. The standard InChI is InChI=1S/C23H24FN3O2/c1-16-7-9-17(10-8-16)21(27-11-2-3-12-27)15-25-23(28)22-14-20(26-29-22)18-5-4-6-19(24)13-18/h4-10,13-14,21H,2-3,11-12,15H2,1H3,(H,25,28). The summed E-state index contributed by atoms with van der Waals surface area (Å²) < 4.78 is 18.6. The average molecular weight is 393 g/mol. The number of carbonyl (C=O) groups is 1. The van der Waals surface area contributed by atoms with E-state index in [0.717, 1.165) is 13.1 Å². The first kappa shape index (κ1) is 19.3. The molecule has 0 spiro atoms. The van der Waals surface area contributed by atoms with Gasteiger partial charge in [0.2, 0.25) is 5.76 Å². The molecule has 4 rings (SSSR count). The van der Waals surface area contributed by atoms with E-state index in [1.54, 1.807) is 18.2 Å². The molecule has 0 saturated carbocycles. The van der Waals surface area contributed by atoms with Crippen LogP contribution in [0.1, 0.15) is 40.6 Å². The molecule has 1 N–H and O–H groups in total. The number of benzene rings is 2. The number of nitrogens with zero attached hydrogens (tertiary/aromatic N) is 2. The molecule has 0 aliphatic carbocycles. The second-order valence-corrected chi connectivity index (χ2v) is 7.47. The van der Waals surface area contributed by atoms with Crippen molar-refractivity contribution in [2.24, 2.45) is 0 Å². The van der Waals surface area contributed by atoms with E-state index < -0.39 is 0 Å². The van der Waals surface area contributed by atoms with Crippen LogP contribution in [-0.2, 0) is 0 Å². The SMILES string of the molecule is Cc1ccc(C(CNC(=O)c2cc(-c3cccc(F)c3)no2)N2CCCC2)cc1. The zero-order valence-corrected chi connectivity index (χ0v) is 16.4. The quantitative estimate of drug-likeness (QED) is 0.676. The van der Waals surface area contributed by atoms with Crippen LogP contribution in [0.5, 0.6) is 0 Å². The van der Waals surface area contributed by atoms with E-state index in [9.17, 15) is 9.18 Å². The average Bonchev–Trinajstić information content (AvgIpc) is 3.42. The summed E-state index contributed by atoms with van der Waals surface area (Å²) in [5.41, 5.74) is 3.41. The predicted molar refractivity (Wildman–Crippen MR) is 109 cm³/mol. The van der Waals surface area contributed by atoms with Crippen molar-refractivity contribution < 1.29 is 13.7 Å². The normalized spacial score (nSPS) is 15.4. The molecule has 1 atom stereocenters. The number of hydrogen-bond donors (Lipinski definition) is 1. The number of likely N-dealkylation sites (tertiary alicyclic amines) is 1. The van der Waals surface area contributed by atoms with Gasteiger partial charge in [-0.2, -0.15) is 0 Å². The Hall–Kier alpha value is -2.99. The highest BCUT2D eigenvalue weighted by Gasteiger charge is 2.25. The van der Waals surface area contributed by atoms with Crippen molar-refractivity contribution in [2.75, 3.05) is 19.6 Å². The fourth-order valence-electron chi connectivity index (χ4n) is 3.74. The minimum absolute atomic E-state index is 0.118. The topological polar surface area (TPSA) is 58.4 Å². The number of nitrogens with one attached hydrogen (secondary N) is 1. The molecule has 1 aromatic heterocycles. The van der Waals surface area contributed by atoms with E-state index in [0.29, 0.717) is 17.8 Å². The summed E-state index contributed by atoms with van der Waals surface area (Å²) in [4.78, 5) is 15.0. The highest BCUT2D eigenvalue weighted by Crippen LogP contribution is 2.25. The van der Waals surface area contributed by atoms with Gasteiger partial charge in [-0.3, -0.25) is 9.69 Å². The van der Waals surface area contributed by atoms with Crippen LogP contribution in [-0.4, -0.2) is 35.6 Å². The summed E-state index contributed by atoms with van der Waals surface area (Å²) in [7, 11) is 0. The molecule has 2 aromatic carbocycles. The van der Waals surface area contributed by atoms with Crippen molar-refractivity contribution in [2.45, 2.75) is 25.8 Å². The molecule has 1 unspecified atom stereocenters. The van der Waals surface area contributed by atoms with Crippen LogP contribution < -0.4 is 5.32 Å². The second-order valence-electron chi connectivity index (χ2n) is 7.47. The third-order valence-electron chi connectivity index (χ3n) is 5.35. The molecule has 5 nitrogen and oxygen atoms in total. The third-order valence-corrected chi connectivity index (χ3v) is 5.35. The lowest BCUT2D eigenvalue weighted by Crippen LogP contribution is -2.36. The van der Waals surface area contributed by atoms with Crippen molar-refractivity contribution in [3.05, 3.63) is 77.3 Å². The summed E-state index contributed by atoms with van der Waals surface area (Å²) in [5.74, 6) is -0.562. The summed E-state index contributed by atoms with van der Waals surface area (Å²) in [5, 5.41) is 6.88. The molecule has 6 heteroatoms. The van der Waals surface area contributed by atoms with Gasteiger partial charge in [0.05, 0.1) is 6.04 Å². The highest BCUT2D eigenvalue weighted by atomic mass is 19.1. The molecule has 1 saturated heterocycles. The van der Waals surface area contributed by atoms with Gasteiger partial charge in [-0.25, -0.2) is 4.39 Å². The molecule has 150 valence electrons. The fourth-order valence-corrected chi connectivity index (χ4v) is 3.74. The van der Waals surface area contributed by atoms with E-state index in [-0.39, 0.29) is 23.5 Å². The Morgan fingerprint density at radius 3 is 2.66 bits per heavy atom. The molecule has 0 bridgehead atoms. The molecular formula is C23H24FN3O2. The van der Waals surface area contributed by atoms with Gasteiger partial charge in [-0.05, 0) is 50.6 Å². The van der Waals surface area contributed by atoms with Gasteiger partial charge in [-0.1, -0.05) is 47.1 Å². The lowest BCUT2D eigenvalue weighted by atomic mass is 10.0. The fraction of sp³-hybridized carbons (Fsp3) is 0.304. The lowest BCUT2D eigenvalue weighted by Gasteiger charge is -2.28. The number of rotatable bonds is 6. The molecule has 2 heterocycles. The third kappa shape index (κ3) is 4.54. The van der Waals surface area contributed by atoms with Crippen LogP contribution >= 0.6 is 0 Å². The van der Waals surface area contributed by atoms with E-state index in [1.165, 1.54) is 36.1 Å². The largest absolute Gasteiger partial charge is 0.350 e. The van der Waals surface area contributed by atoms with Crippen LogP contribution in [0.15, 0.2) is 59.1 Å². The maximum Gasteiger partial charge on any atom is 0.289 e. The number of aryl methyl sites for hydroxylation is 1. The molecule has 0 radical (unpaired) electrons. The van der Waals surface area contributed by atoms with Crippen molar-refractivity contribution in [3.8, 4) is 11.3 Å². The van der Waals surface area contributed by atoms with Crippen molar-refractivity contribution in [1.29, 1.82) is 0 Å². The second kappa shape index (κ2) is 8.57. The van der Waals surface area contributed by atoms with E-state index in [4.69, 9.17) is 4.52 Å². The number of aromatic nitrogens is 1. The smallest absolute Gasteiger partial charge is 0.289 e. The molecular weight excluding hydrogens is 369 g/mol. The summed E-state index contributed by atoms with van der Waals surface area (Å²) >= 11 is 0. The van der Waals surface area contributed by atoms with Gasteiger partial charge in [0.15, 0.2) is 0 Å². The molecule has 29 heavy (non-hydrogen) atoms. The monoisotopic (exact) mass is 393 g/mol. The zero-order chi connectivity index (χ0) is 20.2. The van der Waals surface area contributed by atoms with Gasteiger partial charge in [0.25, 0.3) is 5.91 Å². The Morgan fingerprint density at radius 1 is 1.17 bits per heavy atom. The van der Waals surface area contributed by atoms with Gasteiger partial charge in [0, 0.05) is 18.2 Å². The maximum absolute atomic E-state index is 13.4. The predicted octanol–water partition coefficient (Wildman–Crippen LogP) is 4.36. The number of hydrogen-bond acceptors (Lipinski definition) is 4. The van der Waals surface area contributed by atoms with E-state index in [2.05, 4.69) is 46.6 Å². The minimum Gasteiger partial charge on any atom is -0.350 e. The van der Waals surface area contributed by atoms with Crippen LogP contribution in [0.25, 0.3) is 11.3 Å². The van der Waals surface area contributed by atoms with Crippen LogP contribution in [0, 0.1) is 12.7 Å². The highest BCUT2D eigenvalue weighted by molar-refractivity contribution is 5.92. The van der Waals surface area contributed by atoms with Gasteiger partial charge < -0.3 is 9.84 Å². The lowest BCUT2D eigenvalue weighted by molar-refractivity contribution is 0.0901. The summed E-state index contributed by atoms with van der Waals surface area (Å²) in [6, 6.07) is 16.2. The minimum atomic E-state index is -0.358. The molecule has 1 aliphatic rings. The van der Waals surface area contributed by atoms with Crippen molar-refractivity contribution in [3.63, 3.8) is 0 Å². The van der Waals surface area contributed by atoms with Crippen LogP contribution in [0.3, 0.4) is 0 Å². The summed E-state index contributed by atoms with van der Waals surface area (Å²) in [6.07, 6.45) is 2.35. The van der Waals surface area contributed by atoms with E-state index in [1.807, 2.05) is 0 Å². The number of amides is 1. The molecule has 1 fully saturated rings. The van der Waals surface area contributed by atoms with Crippen molar-refractivity contribution >= 4 is 5.91 Å². The maximum atomic E-state index is 13.4. The summed E-state index contributed by atoms with van der Waals surface area (Å²) in [6.45, 7) is 4.61. The van der Waals surface area contributed by atoms with Gasteiger partial charge >= 0.3 is 0 Å². The Balaban J connectivity index is 1.46. The number of halogens is 1. The zero-order valence-electron chi connectivity index (χ0n) is 16.4. The van der Waals surface area contributed by atoms with Crippen LogP contribution in [0.2, 0.25) is 0 Å². The Labute approximate surface area is 169 Å². The first-order chi connectivity index (χ1) is 14.1. The first-order valence-corrected chi connectivity index (χ1v) is 9.91. The van der Waals surface area contributed by atoms with Crippen molar-refractivity contribution in [1.82, 2.24) is 15.4 Å². The molecule has 1 aliphatic heterocycles. The van der Waals surface area contributed by atoms with Crippen LogP contribution in [0.4, 0.5) is 4.39 Å². The number of carbonyl (C=O) groups excluding carboxylic acids is 1. The first-order valence-electron chi connectivity index (χ1n) is 9.91. The van der Waals surface area contributed by atoms with Gasteiger partial charge in [0.1, 0.15) is 11.5 Å². The van der Waals surface area contributed by atoms with Gasteiger partial charge in [-0.15, -0.1) is 0 Å². The Kier molecular flexibility index (Phi) is 5.71. The Morgan fingerprint density at radius 2 is 1.93 bits per heavy atom. The molecule has 1 amide bonds.